The van der Waals surface area contributed by atoms with Crippen molar-refractivity contribution >= 4 is 35.1 Å². The average molecular weight is 333 g/mol. The van der Waals surface area contributed by atoms with Gasteiger partial charge in [0.05, 0.1) is 6.20 Å². The number of carbonyl (C=O) groups excluding carboxylic acids is 2. The van der Waals surface area contributed by atoms with Crippen LogP contribution in [-0.2, 0) is 14.3 Å². The van der Waals surface area contributed by atoms with Crippen molar-refractivity contribution in [3.05, 3.63) is 40.7 Å². The largest absolute Gasteiger partial charge is 0.449 e. The maximum atomic E-state index is 12.1. The van der Waals surface area contributed by atoms with Crippen molar-refractivity contribution < 1.29 is 14.3 Å². The van der Waals surface area contributed by atoms with Gasteiger partial charge in [0, 0.05) is 23.1 Å². The Morgan fingerprint density at radius 1 is 1.35 bits per heavy atom. The second-order valence-electron chi connectivity index (χ2n) is 5.17. The lowest BCUT2D eigenvalue weighted by Gasteiger charge is -2.15. The molecular formula is C16H19N3O3S. The Kier molecular flexibility index (Phi) is 5.70. The summed E-state index contributed by atoms with van der Waals surface area (Å²) in [5.74, 6) is -0.384. The molecule has 0 radical (unpaired) electrons. The number of rotatable bonds is 6. The van der Waals surface area contributed by atoms with E-state index in [1.807, 2.05) is 31.4 Å². The van der Waals surface area contributed by atoms with Crippen molar-refractivity contribution in [1.82, 2.24) is 9.78 Å². The van der Waals surface area contributed by atoms with Crippen molar-refractivity contribution in [2.75, 3.05) is 5.32 Å². The molecule has 0 aliphatic heterocycles. The molecule has 0 unspecified atom stereocenters. The van der Waals surface area contributed by atoms with Crippen LogP contribution in [0.15, 0.2) is 35.9 Å². The summed E-state index contributed by atoms with van der Waals surface area (Å²) in [5.41, 5.74) is 0. The number of nitrogens with zero attached hydrogens (tertiary/aromatic N) is 2. The van der Waals surface area contributed by atoms with E-state index in [-0.39, 0.29) is 6.04 Å². The molecule has 2 aromatic rings. The van der Waals surface area contributed by atoms with Gasteiger partial charge < -0.3 is 10.1 Å². The van der Waals surface area contributed by atoms with Gasteiger partial charge in [-0.3, -0.25) is 4.79 Å². The standard InChI is InChI=1S/C16H19N3O3S/c1-11(2)19-14(8-9-17-19)18-16(21)12(3)22-15(20)7-6-13-5-4-10-23-13/h4-12H,1-3H3,(H,18,21)/b7-6+/t12-/m0/s1. The molecule has 6 nitrogen and oxygen atoms in total. The van der Waals surface area contributed by atoms with E-state index in [4.69, 9.17) is 4.74 Å². The predicted octanol–water partition coefficient (Wildman–Crippen LogP) is 3.11. The van der Waals surface area contributed by atoms with Crippen LogP contribution in [0.4, 0.5) is 5.82 Å². The molecule has 0 aliphatic carbocycles. The third-order valence-electron chi connectivity index (χ3n) is 3.00. The quantitative estimate of drug-likeness (QED) is 0.651. The highest BCUT2D eigenvalue weighted by atomic mass is 32.1. The van der Waals surface area contributed by atoms with Gasteiger partial charge in [0.1, 0.15) is 5.82 Å². The van der Waals surface area contributed by atoms with Crippen LogP contribution in [0.2, 0.25) is 0 Å². The molecule has 1 atom stereocenters. The monoisotopic (exact) mass is 333 g/mol. The molecule has 0 bridgehead atoms. The number of aromatic nitrogens is 2. The van der Waals surface area contributed by atoms with Crippen LogP contribution in [0, 0.1) is 0 Å². The molecule has 23 heavy (non-hydrogen) atoms. The van der Waals surface area contributed by atoms with E-state index in [2.05, 4.69) is 10.4 Å². The number of ether oxygens (including phenoxy) is 1. The Balaban J connectivity index is 1.89. The van der Waals surface area contributed by atoms with E-state index < -0.39 is 18.0 Å². The van der Waals surface area contributed by atoms with Crippen molar-refractivity contribution in [1.29, 1.82) is 0 Å². The molecule has 7 heteroatoms. The normalized spacial score (nSPS) is 12.5. The number of hydrogen-bond donors (Lipinski definition) is 1. The van der Waals surface area contributed by atoms with Crippen LogP contribution < -0.4 is 5.32 Å². The summed E-state index contributed by atoms with van der Waals surface area (Å²) in [6.07, 6.45) is 3.68. The van der Waals surface area contributed by atoms with Crippen LogP contribution >= 0.6 is 11.3 Å². The Morgan fingerprint density at radius 3 is 2.78 bits per heavy atom. The number of nitrogens with one attached hydrogen (secondary N) is 1. The topological polar surface area (TPSA) is 73.2 Å². The van der Waals surface area contributed by atoms with E-state index in [0.29, 0.717) is 5.82 Å². The molecule has 1 N–H and O–H groups in total. The Bertz CT molecular complexity index is 689. The van der Waals surface area contributed by atoms with Crippen LogP contribution in [-0.4, -0.2) is 27.8 Å². The lowest BCUT2D eigenvalue weighted by molar-refractivity contribution is -0.148. The molecule has 0 fully saturated rings. The minimum absolute atomic E-state index is 0.117. The lowest BCUT2D eigenvalue weighted by atomic mass is 10.3. The second kappa shape index (κ2) is 7.73. The summed E-state index contributed by atoms with van der Waals surface area (Å²) in [5, 5.41) is 8.76. The van der Waals surface area contributed by atoms with Gasteiger partial charge in [0.15, 0.2) is 6.10 Å². The Hall–Kier alpha value is -2.41. The molecule has 122 valence electrons. The van der Waals surface area contributed by atoms with Crippen LogP contribution in [0.1, 0.15) is 31.7 Å². The number of amides is 1. The summed E-state index contributed by atoms with van der Waals surface area (Å²) in [4.78, 5) is 24.8. The highest BCUT2D eigenvalue weighted by molar-refractivity contribution is 7.10. The van der Waals surface area contributed by atoms with Gasteiger partial charge >= 0.3 is 5.97 Å². The van der Waals surface area contributed by atoms with Gasteiger partial charge in [-0.15, -0.1) is 11.3 Å². The maximum Gasteiger partial charge on any atom is 0.331 e. The molecule has 2 aromatic heterocycles. The third-order valence-corrected chi connectivity index (χ3v) is 3.84. The summed E-state index contributed by atoms with van der Waals surface area (Å²) in [6, 6.07) is 5.59. The van der Waals surface area contributed by atoms with Gasteiger partial charge in [-0.2, -0.15) is 5.10 Å². The summed E-state index contributed by atoms with van der Waals surface area (Å²) in [7, 11) is 0. The fourth-order valence-corrected chi connectivity index (χ4v) is 2.47. The first-order valence-corrected chi connectivity index (χ1v) is 8.12. The van der Waals surface area contributed by atoms with E-state index in [9.17, 15) is 9.59 Å². The van der Waals surface area contributed by atoms with Crippen LogP contribution in [0.3, 0.4) is 0 Å². The van der Waals surface area contributed by atoms with E-state index >= 15 is 0 Å². The fourth-order valence-electron chi connectivity index (χ4n) is 1.86. The lowest BCUT2D eigenvalue weighted by Crippen LogP contribution is -2.30. The first-order chi connectivity index (χ1) is 11.0. The van der Waals surface area contributed by atoms with Crippen molar-refractivity contribution in [3.8, 4) is 0 Å². The summed E-state index contributed by atoms with van der Waals surface area (Å²) < 4.78 is 6.78. The molecule has 2 rings (SSSR count). The van der Waals surface area contributed by atoms with Gasteiger partial charge in [0.2, 0.25) is 0 Å². The molecule has 0 aromatic carbocycles. The number of esters is 1. The third kappa shape index (κ3) is 4.79. The van der Waals surface area contributed by atoms with Crippen LogP contribution in [0.5, 0.6) is 0 Å². The maximum absolute atomic E-state index is 12.1. The fraction of sp³-hybridized carbons (Fsp3) is 0.312. The Labute approximate surface area is 138 Å². The molecular weight excluding hydrogens is 314 g/mol. The van der Waals surface area contributed by atoms with Crippen molar-refractivity contribution in [2.24, 2.45) is 0 Å². The molecule has 0 saturated heterocycles. The van der Waals surface area contributed by atoms with Crippen LogP contribution in [0.25, 0.3) is 6.08 Å². The molecule has 0 aliphatic rings. The highest BCUT2D eigenvalue weighted by Gasteiger charge is 2.18. The van der Waals surface area contributed by atoms with E-state index in [1.54, 1.807) is 23.0 Å². The van der Waals surface area contributed by atoms with Gasteiger partial charge in [-0.05, 0) is 38.3 Å². The van der Waals surface area contributed by atoms with Gasteiger partial charge in [-0.25, -0.2) is 9.48 Å². The smallest absolute Gasteiger partial charge is 0.331 e. The average Bonchev–Trinajstić information content (AvgIpc) is 3.16. The van der Waals surface area contributed by atoms with Gasteiger partial charge in [-0.1, -0.05) is 6.07 Å². The summed E-state index contributed by atoms with van der Waals surface area (Å²) in [6.45, 7) is 5.45. The van der Waals surface area contributed by atoms with Crippen molar-refractivity contribution in [2.45, 2.75) is 32.9 Å². The first-order valence-electron chi connectivity index (χ1n) is 7.24. The zero-order valence-electron chi connectivity index (χ0n) is 13.2. The summed E-state index contributed by atoms with van der Waals surface area (Å²) >= 11 is 1.51. The first kappa shape index (κ1) is 17.0. The number of hydrogen-bond acceptors (Lipinski definition) is 5. The highest BCUT2D eigenvalue weighted by Crippen LogP contribution is 2.14. The molecule has 1 amide bonds. The minimum atomic E-state index is -0.897. The Morgan fingerprint density at radius 2 is 2.13 bits per heavy atom. The SMILES string of the molecule is CC(C)n1nccc1NC(=O)[C@H](C)OC(=O)/C=C/c1cccs1. The molecule has 0 saturated carbocycles. The zero-order chi connectivity index (χ0) is 16.8. The van der Waals surface area contributed by atoms with E-state index in [0.717, 1.165) is 4.88 Å². The van der Waals surface area contributed by atoms with Crippen molar-refractivity contribution in [3.63, 3.8) is 0 Å². The predicted molar refractivity (Wildman–Crippen MR) is 90.1 cm³/mol. The minimum Gasteiger partial charge on any atom is -0.449 e. The number of anilines is 1. The second-order valence-corrected chi connectivity index (χ2v) is 6.15. The number of carbonyl (C=O) groups is 2. The zero-order valence-corrected chi connectivity index (χ0v) is 14.0. The molecule has 0 spiro atoms. The number of thiophene rings is 1. The van der Waals surface area contributed by atoms with Gasteiger partial charge in [0.25, 0.3) is 5.91 Å². The molecule has 2 heterocycles. The van der Waals surface area contributed by atoms with E-state index in [1.165, 1.54) is 24.3 Å².